The molecule has 0 heterocycles. The van der Waals surface area contributed by atoms with Gasteiger partial charge in [0.25, 0.3) is 0 Å². The number of halogens is 1. The van der Waals surface area contributed by atoms with Crippen LogP contribution in [0.3, 0.4) is 0 Å². The summed E-state index contributed by atoms with van der Waals surface area (Å²) in [6, 6.07) is 0. The van der Waals surface area contributed by atoms with E-state index in [1.54, 1.807) is 7.11 Å². The summed E-state index contributed by atoms with van der Waals surface area (Å²) in [4.78, 5) is 0.276. The minimum atomic E-state index is -2.88. The zero-order valence-electron chi connectivity index (χ0n) is 10.4. The SMILES string of the molecule is COC/C(=C/[C@@H](C)Br)[C@@H](C)CCS(C)(=O)=O. The smallest absolute Gasteiger partial charge is 0.147 e. The maximum absolute atomic E-state index is 11.1. The van der Waals surface area contributed by atoms with Gasteiger partial charge in [-0.05, 0) is 24.8 Å². The topological polar surface area (TPSA) is 43.4 Å². The van der Waals surface area contributed by atoms with Gasteiger partial charge in [-0.2, -0.15) is 0 Å². The summed E-state index contributed by atoms with van der Waals surface area (Å²) < 4.78 is 27.3. The van der Waals surface area contributed by atoms with Gasteiger partial charge in [0.15, 0.2) is 0 Å². The lowest BCUT2D eigenvalue weighted by Gasteiger charge is -2.16. The van der Waals surface area contributed by atoms with Crippen LogP contribution in [0.1, 0.15) is 20.3 Å². The number of alkyl halides is 1. The molecule has 0 radical (unpaired) electrons. The van der Waals surface area contributed by atoms with E-state index in [0.717, 1.165) is 5.57 Å². The van der Waals surface area contributed by atoms with Gasteiger partial charge in [-0.1, -0.05) is 28.9 Å². The van der Waals surface area contributed by atoms with Crippen molar-refractivity contribution in [2.24, 2.45) is 5.92 Å². The van der Waals surface area contributed by atoms with Crippen LogP contribution in [0.15, 0.2) is 11.6 Å². The van der Waals surface area contributed by atoms with E-state index < -0.39 is 9.84 Å². The van der Waals surface area contributed by atoms with E-state index in [4.69, 9.17) is 4.74 Å². The van der Waals surface area contributed by atoms with Gasteiger partial charge in [0, 0.05) is 18.2 Å². The van der Waals surface area contributed by atoms with Crippen molar-refractivity contribution in [3.63, 3.8) is 0 Å². The Bertz CT molecular complexity index is 320. The number of hydrogen-bond acceptors (Lipinski definition) is 3. The molecule has 3 nitrogen and oxygen atoms in total. The lowest BCUT2D eigenvalue weighted by Crippen LogP contribution is -2.13. The zero-order valence-corrected chi connectivity index (χ0v) is 12.8. The summed E-state index contributed by atoms with van der Waals surface area (Å²) in [7, 11) is -1.23. The first-order chi connectivity index (χ1) is 7.26. The first-order valence-electron chi connectivity index (χ1n) is 5.27. The molecular weight excluding hydrogens is 292 g/mol. The zero-order chi connectivity index (χ0) is 12.8. The van der Waals surface area contributed by atoms with Crippen molar-refractivity contribution in [1.82, 2.24) is 0 Å². The molecule has 16 heavy (non-hydrogen) atoms. The fourth-order valence-electron chi connectivity index (χ4n) is 1.39. The number of methoxy groups -OCH3 is 1. The van der Waals surface area contributed by atoms with Gasteiger partial charge in [0.2, 0.25) is 0 Å². The van der Waals surface area contributed by atoms with Crippen LogP contribution >= 0.6 is 15.9 Å². The van der Waals surface area contributed by atoms with Gasteiger partial charge < -0.3 is 4.74 Å². The molecule has 0 fully saturated rings. The molecule has 0 aliphatic rings. The fraction of sp³-hybridized carbons (Fsp3) is 0.818. The van der Waals surface area contributed by atoms with Gasteiger partial charge in [-0.15, -0.1) is 0 Å². The summed E-state index contributed by atoms with van der Waals surface area (Å²) in [6.45, 7) is 4.62. The molecule has 0 unspecified atom stereocenters. The maximum atomic E-state index is 11.1. The van der Waals surface area contributed by atoms with E-state index in [1.807, 2.05) is 13.8 Å². The quantitative estimate of drug-likeness (QED) is 0.535. The summed E-state index contributed by atoms with van der Waals surface area (Å²) in [5.41, 5.74) is 1.15. The Morgan fingerprint density at radius 2 is 2.00 bits per heavy atom. The maximum Gasteiger partial charge on any atom is 0.147 e. The third kappa shape index (κ3) is 8.30. The highest BCUT2D eigenvalue weighted by Crippen LogP contribution is 2.18. The molecule has 0 aromatic heterocycles. The first-order valence-corrected chi connectivity index (χ1v) is 8.25. The highest BCUT2D eigenvalue weighted by Gasteiger charge is 2.12. The molecule has 96 valence electrons. The Labute approximate surface area is 107 Å². The van der Waals surface area contributed by atoms with Crippen molar-refractivity contribution in [2.45, 2.75) is 25.1 Å². The molecule has 0 N–H and O–H groups in total. The van der Waals surface area contributed by atoms with Crippen molar-refractivity contribution >= 4 is 25.8 Å². The van der Waals surface area contributed by atoms with Crippen molar-refractivity contribution in [3.05, 3.63) is 11.6 Å². The fourth-order valence-corrected chi connectivity index (χ4v) is 2.51. The Balaban J connectivity index is 4.45. The lowest BCUT2D eigenvalue weighted by molar-refractivity contribution is 0.216. The molecule has 5 heteroatoms. The van der Waals surface area contributed by atoms with Crippen LogP contribution < -0.4 is 0 Å². The minimum absolute atomic E-state index is 0.228. The summed E-state index contributed by atoms with van der Waals surface area (Å²) in [5, 5.41) is 0. The second kappa shape index (κ2) is 7.45. The van der Waals surface area contributed by atoms with Crippen molar-refractivity contribution < 1.29 is 13.2 Å². The molecule has 0 rings (SSSR count). The van der Waals surface area contributed by atoms with Gasteiger partial charge in [-0.3, -0.25) is 0 Å². The average Bonchev–Trinajstić information content (AvgIpc) is 2.11. The molecule has 0 saturated heterocycles. The molecule has 0 saturated carbocycles. The lowest BCUT2D eigenvalue weighted by atomic mass is 9.98. The molecule has 0 bridgehead atoms. The van der Waals surface area contributed by atoms with Crippen LogP contribution in [0.25, 0.3) is 0 Å². The van der Waals surface area contributed by atoms with E-state index in [-0.39, 0.29) is 16.5 Å². The third-order valence-electron chi connectivity index (χ3n) is 2.31. The highest BCUT2D eigenvalue weighted by atomic mass is 79.9. The van der Waals surface area contributed by atoms with Gasteiger partial charge in [0.05, 0.1) is 12.4 Å². The van der Waals surface area contributed by atoms with Crippen LogP contribution in [0.4, 0.5) is 0 Å². The predicted molar refractivity (Wildman–Crippen MR) is 71.8 cm³/mol. The number of sulfone groups is 1. The Hall–Kier alpha value is 0.130. The molecular formula is C11H21BrO3S. The number of hydrogen-bond donors (Lipinski definition) is 0. The molecule has 0 amide bonds. The van der Waals surface area contributed by atoms with E-state index in [2.05, 4.69) is 22.0 Å². The van der Waals surface area contributed by atoms with E-state index in [0.29, 0.717) is 13.0 Å². The van der Waals surface area contributed by atoms with E-state index >= 15 is 0 Å². The number of allylic oxidation sites excluding steroid dienone is 1. The summed E-state index contributed by atoms with van der Waals surface area (Å²) >= 11 is 3.45. The highest BCUT2D eigenvalue weighted by molar-refractivity contribution is 9.09. The molecule has 0 spiro atoms. The van der Waals surface area contributed by atoms with E-state index in [9.17, 15) is 8.42 Å². The third-order valence-corrected chi connectivity index (χ3v) is 3.55. The van der Waals surface area contributed by atoms with Crippen LogP contribution in [0.2, 0.25) is 0 Å². The second-order valence-electron chi connectivity index (χ2n) is 4.17. The molecule has 0 aliphatic heterocycles. The van der Waals surface area contributed by atoms with Gasteiger partial charge >= 0.3 is 0 Å². The van der Waals surface area contributed by atoms with Crippen molar-refractivity contribution in [3.8, 4) is 0 Å². The number of ether oxygens (including phenoxy) is 1. The van der Waals surface area contributed by atoms with Crippen molar-refractivity contribution in [2.75, 3.05) is 25.7 Å². The standard InChI is InChI=1S/C11H21BrO3S/c1-9(5-6-16(4,13)14)11(8-15-3)7-10(2)12/h7,9-10H,5-6,8H2,1-4H3/b11-7-/t9-,10+/m0/s1. The molecule has 0 aromatic carbocycles. The van der Waals surface area contributed by atoms with Crippen LogP contribution in [-0.2, 0) is 14.6 Å². The molecule has 0 aromatic rings. The second-order valence-corrected chi connectivity index (χ2v) is 7.88. The molecule has 0 aliphatic carbocycles. The van der Waals surface area contributed by atoms with E-state index in [1.165, 1.54) is 6.26 Å². The average molecular weight is 313 g/mol. The van der Waals surface area contributed by atoms with Crippen LogP contribution in [0.5, 0.6) is 0 Å². The minimum Gasteiger partial charge on any atom is -0.380 e. The Kier molecular flexibility index (Phi) is 7.52. The van der Waals surface area contributed by atoms with Crippen LogP contribution in [0, 0.1) is 5.92 Å². The number of rotatable bonds is 7. The monoisotopic (exact) mass is 312 g/mol. The van der Waals surface area contributed by atoms with Crippen LogP contribution in [-0.4, -0.2) is 39.0 Å². The van der Waals surface area contributed by atoms with Crippen molar-refractivity contribution in [1.29, 1.82) is 0 Å². The summed E-state index contributed by atoms with van der Waals surface area (Å²) in [5.74, 6) is 0.459. The van der Waals surface area contributed by atoms with Gasteiger partial charge in [0.1, 0.15) is 9.84 Å². The first kappa shape index (κ1) is 16.1. The largest absolute Gasteiger partial charge is 0.380 e. The Morgan fingerprint density at radius 1 is 1.44 bits per heavy atom. The normalized spacial score (nSPS) is 17.2. The van der Waals surface area contributed by atoms with Gasteiger partial charge in [-0.25, -0.2) is 8.42 Å². The summed E-state index contributed by atoms with van der Waals surface area (Å²) in [6.07, 6.45) is 4.00. The predicted octanol–water partition coefficient (Wildman–Crippen LogP) is 2.41. The Morgan fingerprint density at radius 3 is 2.38 bits per heavy atom. The molecule has 2 atom stereocenters.